The van der Waals surface area contributed by atoms with Crippen molar-refractivity contribution in [2.45, 2.75) is 31.7 Å². The van der Waals surface area contributed by atoms with E-state index >= 15 is 0 Å². The van der Waals surface area contributed by atoms with Crippen LogP contribution >= 0.6 is 0 Å². The average Bonchev–Trinajstić information content (AvgIpc) is 2.50. The van der Waals surface area contributed by atoms with Crippen LogP contribution in [0.25, 0.3) is 0 Å². The topological polar surface area (TPSA) is 24.5 Å². The lowest BCUT2D eigenvalue weighted by Crippen LogP contribution is -2.65. The van der Waals surface area contributed by atoms with E-state index in [2.05, 4.69) is 47.5 Å². The molecule has 1 aromatic rings. The van der Waals surface area contributed by atoms with Crippen molar-refractivity contribution in [3.63, 3.8) is 0 Å². The third kappa shape index (κ3) is 3.47. The Morgan fingerprint density at radius 2 is 1.90 bits per heavy atom. The summed E-state index contributed by atoms with van der Waals surface area (Å²) in [4.78, 5) is 2.70. The third-order valence-corrected chi connectivity index (χ3v) is 5.09. The van der Waals surface area contributed by atoms with Gasteiger partial charge < -0.3 is 10.1 Å². The molecule has 0 spiro atoms. The molecule has 0 bridgehead atoms. The van der Waals surface area contributed by atoms with Gasteiger partial charge in [0.05, 0.1) is 18.8 Å². The lowest BCUT2D eigenvalue weighted by atomic mass is 9.84. The summed E-state index contributed by atoms with van der Waals surface area (Å²) in [5.74, 6) is 0.857. The molecule has 3 nitrogen and oxygen atoms in total. The van der Waals surface area contributed by atoms with E-state index in [1.165, 1.54) is 38.0 Å². The van der Waals surface area contributed by atoms with Gasteiger partial charge in [-0.05, 0) is 56.9 Å². The highest BCUT2D eigenvalue weighted by molar-refractivity contribution is 5.19. The molecule has 2 saturated heterocycles. The summed E-state index contributed by atoms with van der Waals surface area (Å²) >= 11 is 0. The van der Waals surface area contributed by atoms with Crippen LogP contribution in [0.1, 0.15) is 25.3 Å². The Morgan fingerprint density at radius 1 is 1.19 bits per heavy atom. The number of hydrogen-bond donors (Lipinski definition) is 1. The Hall–Kier alpha value is -0.900. The van der Waals surface area contributed by atoms with E-state index in [4.69, 9.17) is 4.74 Å². The van der Waals surface area contributed by atoms with Gasteiger partial charge >= 0.3 is 0 Å². The Bertz CT molecular complexity index is 422. The Kier molecular flexibility index (Phi) is 4.94. The summed E-state index contributed by atoms with van der Waals surface area (Å²) in [6.45, 7) is 8.73. The van der Waals surface area contributed by atoms with Crippen LogP contribution in [-0.4, -0.2) is 49.8 Å². The van der Waals surface area contributed by atoms with Gasteiger partial charge in [-0.15, -0.1) is 0 Å². The molecule has 3 heteroatoms. The lowest BCUT2D eigenvalue weighted by Gasteiger charge is -2.52. The summed E-state index contributed by atoms with van der Waals surface area (Å²) in [5.41, 5.74) is 1.71. The first-order valence-electron chi connectivity index (χ1n) is 8.40. The molecule has 0 amide bonds. The second kappa shape index (κ2) is 6.91. The van der Waals surface area contributed by atoms with Crippen LogP contribution in [0.2, 0.25) is 0 Å². The molecule has 0 radical (unpaired) electrons. The summed E-state index contributed by atoms with van der Waals surface area (Å²) < 4.78 is 5.60. The zero-order valence-electron chi connectivity index (χ0n) is 13.2. The molecule has 21 heavy (non-hydrogen) atoms. The molecule has 2 heterocycles. The van der Waals surface area contributed by atoms with Gasteiger partial charge in [-0.25, -0.2) is 0 Å². The van der Waals surface area contributed by atoms with Crippen LogP contribution in [0.3, 0.4) is 0 Å². The van der Waals surface area contributed by atoms with E-state index in [1.807, 2.05) is 0 Å². The number of hydrogen-bond acceptors (Lipinski definition) is 3. The maximum absolute atomic E-state index is 5.60. The van der Waals surface area contributed by atoms with Crippen molar-refractivity contribution in [1.29, 1.82) is 0 Å². The Morgan fingerprint density at radius 3 is 2.48 bits per heavy atom. The van der Waals surface area contributed by atoms with Crippen molar-refractivity contribution in [2.75, 3.05) is 39.4 Å². The van der Waals surface area contributed by atoms with Crippen LogP contribution in [0, 0.1) is 5.92 Å². The second-order valence-corrected chi connectivity index (χ2v) is 6.62. The Balaban J connectivity index is 1.57. The molecule has 0 aliphatic carbocycles. The molecule has 116 valence electrons. The molecule has 2 aliphatic heterocycles. The monoisotopic (exact) mass is 288 g/mol. The molecule has 2 fully saturated rings. The second-order valence-electron chi connectivity index (χ2n) is 6.62. The summed E-state index contributed by atoms with van der Waals surface area (Å²) in [6.07, 6.45) is 3.78. The third-order valence-electron chi connectivity index (χ3n) is 5.09. The van der Waals surface area contributed by atoms with Gasteiger partial charge in [0, 0.05) is 0 Å². The maximum atomic E-state index is 5.60. The molecular weight excluding hydrogens is 260 g/mol. The van der Waals surface area contributed by atoms with E-state index < -0.39 is 0 Å². The SMILES string of the molecule is CCNCC1CCN(C2(Cc3ccccc3)COC2)CC1. The van der Waals surface area contributed by atoms with E-state index in [-0.39, 0.29) is 5.54 Å². The van der Waals surface area contributed by atoms with Gasteiger partial charge in [0.1, 0.15) is 0 Å². The number of ether oxygens (including phenoxy) is 1. The van der Waals surface area contributed by atoms with Crippen LogP contribution < -0.4 is 5.32 Å². The van der Waals surface area contributed by atoms with Crippen LogP contribution in [0.15, 0.2) is 30.3 Å². The number of rotatable bonds is 6. The molecule has 0 atom stereocenters. The van der Waals surface area contributed by atoms with Crippen molar-refractivity contribution in [2.24, 2.45) is 5.92 Å². The van der Waals surface area contributed by atoms with Crippen molar-refractivity contribution >= 4 is 0 Å². The number of nitrogens with zero attached hydrogens (tertiary/aromatic N) is 1. The fraction of sp³-hybridized carbons (Fsp3) is 0.667. The summed E-state index contributed by atoms with van der Waals surface area (Å²) in [6, 6.07) is 10.9. The number of benzene rings is 1. The Labute approximate surface area is 128 Å². The van der Waals surface area contributed by atoms with Gasteiger partial charge in [0.15, 0.2) is 0 Å². The number of piperidine rings is 1. The lowest BCUT2D eigenvalue weighted by molar-refractivity contribution is -0.147. The highest BCUT2D eigenvalue weighted by Crippen LogP contribution is 2.33. The summed E-state index contributed by atoms with van der Waals surface area (Å²) in [7, 11) is 0. The van der Waals surface area contributed by atoms with Gasteiger partial charge in [-0.3, -0.25) is 4.90 Å². The standard InChI is InChI=1S/C18H28N2O/c1-2-19-13-17-8-10-20(11-9-17)18(14-21-15-18)12-16-6-4-3-5-7-16/h3-7,17,19H,2,8-15H2,1H3. The minimum atomic E-state index is 0.268. The molecule has 1 N–H and O–H groups in total. The van der Waals surface area contributed by atoms with Crippen LogP contribution in [-0.2, 0) is 11.2 Å². The van der Waals surface area contributed by atoms with Crippen molar-refractivity contribution in [1.82, 2.24) is 10.2 Å². The van der Waals surface area contributed by atoms with Crippen molar-refractivity contribution in [3.8, 4) is 0 Å². The predicted octanol–water partition coefficient (Wildman–Crippen LogP) is 2.32. The first-order chi connectivity index (χ1) is 10.3. The van der Waals surface area contributed by atoms with Crippen molar-refractivity contribution < 1.29 is 4.74 Å². The van der Waals surface area contributed by atoms with E-state index in [0.717, 1.165) is 32.1 Å². The fourth-order valence-electron chi connectivity index (χ4n) is 3.67. The molecule has 2 aliphatic rings. The summed E-state index contributed by atoms with van der Waals surface area (Å²) in [5, 5.41) is 3.50. The van der Waals surface area contributed by atoms with Gasteiger partial charge in [-0.2, -0.15) is 0 Å². The van der Waals surface area contributed by atoms with Crippen LogP contribution in [0.5, 0.6) is 0 Å². The quantitative estimate of drug-likeness (QED) is 0.869. The van der Waals surface area contributed by atoms with Gasteiger partial charge in [0.2, 0.25) is 0 Å². The zero-order chi connectivity index (χ0) is 14.5. The van der Waals surface area contributed by atoms with E-state index in [0.29, 0.717) is 0 Å². The largest absolute Gasteiger partial charge is 0.377 e. The number of nitrogens with one attached hydrogen (secondary N) is 1. The molecular formula is C18H28N2O. The zero-order valence-corrected chi connectivity index (χ0v) is 13.2. The van der Waals surface area contributed by atoms with E-state index in [9.17, 15) is 0 Å². The first-order valence-corrected chi connectivity index (χ1v) is 8.40. The normalized spacial score (nSPS) is 22.9. The molecule has 3 rings (SSSR count). The maximum Gasteiger partial charge on any atom is 0.0719 e. The molecule has 0 saturated carbocycles. The first kappa shape index (κ1) is 15.0. The smallest absolute Gasteiger partial charge is 0.0719 e. The van der Waals surface area contributed by atoms with Crippen LogP contribution in [0.4, 0.5) is 0 Å². The minimum Gasteiger partial charge on any atom is -0.377 e. The van der Waals surface area contributed by atoms with Gasteiger partial charge in [-0.1, -0.05) is 37.3 Å². The van der Waals surface area contributed by atoms with E-state index in [1.54, 1.807) is 0 Å². The van der Waals surface area contributed by atoms with Crippen molar-refractivity contribution in [3.05, 3.63) is 35.9 Å². The minimum absolute atomic E-state index is 0.268. The van der Waals surface area contributed by atoms with Gasteiger partial charge in [0.25, 0.3) is 0 Å². The molecule has 0 aromatic heterocycles. The molecule has 1 aromatic carbocycles. The fourth-order valence-corrected chi connectivity index (χ4v) is 3.67. The predicted molar refractivity (Wildman–Crippen MR) is 86.5 cm³/mol. The average molecular weight is 288 g/mol. The molecule has 0 unspecified atom stereocenters. The number of likely N-dealkylation sites (tertiary alicyclic amines) is 1. The highest BCUT2D eigenvalue weighted by Gasteiger charge is 2.44. The highest BCUT2D eigenvalue weighted by atomic mass is 16.5.